The Morgan fingerprint density at radius 2 is 1.73 bits per heavy atom. The average molecular weight is 536 g/mol. The van der Waals surface area contributed by atoms with Gasteiger partial charge < -0.3 is 10.4 Å². The standard InChI is InChI=1S/C29H37N3O3SSi/c1-29(2,3)32(28(34)35)25-13-12-23(26-7-6-16-36-26)19-24(25)30-27(33)22-10-8-21(9-11-22)20-31-14-17-37(4,5)18-15-31/h6-13,16,19H,14-15,17-18,20H2,1-5H3,(H,30,33)(H,34,35). The summed E-state index contributed by atoms with van der Waals surface area (Å²) in [6.07, 6.45) is -1.07. The normalized spacial score (nSPS) is 15.8. The number of carboxylic acid groups (broad SMARTS) is 1. The first-order valence-electron chi connectivity index (χ1n) is 12.8. The van der Waals surface area contributed by atoms with Crippen LogP contribution in [0, 0.1) is 0 Å². The molecule has 1 aromatic heterocycles. The third kappa shape index (κ3) is 6.69. The molecule has 2 N–H and O–H groups in total. The first-order chi connectivity index (χ1) is 17.4. The van der Waals surface area contributed by atoms with Gasteiger partial charge in [0, 0.05) is 30.6 Å². The highest BCUT2D eigenvalue weighted by atomic mass is 32.1. The molecule has 0 radical (unpaired) electrons. The fraction of sp³-hybridized carbons (Fsp3) is 0.379. The molecule has 1 fully saturated rings. The number of thiophene rings is 1. The number of hydrogen-bond acceptors (Lipinski definition) is 4. The predicted molar refractivity (Wildman–Crippen MR) is 157 cm³/mol. The number of amides is 2. The van der Waals surface area contributed by atoms with Crippen LogP contribution in [0.15, 0.2) is 60.0 Å². The largest absolute Gasteiger partial charge is 0.465 e. The first-order valence-corrected chi connectivity index (χ1v) is 17.1. The summed E-state index contributed by atoms with van der Waals surface area (Å²) in [5.74, 6) is -0.263. The van der Waals surface area contributed by atoms with Crippen molar-refractivity contribution in [2.75, 3.05) is 23.3 Å². The van der Waals surface area contributed by atoms with E-state index in [1.165, 1.54) is 22.6 Å². The van der Waals surface area contributed by atoms with Gasteiger partial charge in [0.2, 0.25) is 0 Å². The Morgan fingerprint density at radius 3 is 2.30 bits per heavy atom. The second-order valence-electron chi connectivity index (χ2n) is 11.6. The molecule has 3 aromatic rings. The van der Waals surface area contributed by atoms with Crippen molar-refractivity contribution >= 4 is 42.8 Å². The quantitative estimate of drug-likeness (QED) is 0.321. The summed E-state index contributed by atoms with van der Waals surface area (Å²) in [6.45, 7) is 13.7. The van der Waals surface area contributed by atoms with E-state index >= 15 is 0 Å². The van der Waals surface area contributed by atoms with E-state index in [1.54, 1.807) is 17.4 Å². The lowest BCUT2D eigenvalue weighted by molar-refractivity contribution is 0.102. The Kier molecular flexibility index (Phi) is 7.92. The maximum absolute atomic E-state index is 13.3. The van der Waals surface area contributed by atoms with Crippen LogP contribution in [0.1, 0.15) is 36.7 Å². The van der Waals surface area contributed by atoms with Crippen LogP contribution in [-0.2, 0) is 6.54 Å². The number of carbonyl (C=O) groups is 2. The van der Waals surface area contributed by atoms with Gasteiger partial charge in [-0.2, -0.15) is 0 Å². The summed E-state index contributed by atoms with van der Waals surface area (Å²) in [4.78, 5) is 30.4. The molecule has 2 aromatic carbocycles. The summed E-state index contributed by atoms with van der Waals surface area (Å²) >= 11 is 1.60. The second-order valence-corrected chi connectivity index (χ2v) is 17.9. The van der Waals surface area contributed by atoms with Crippen molar-refractivity contribution in [2.24, 2.45) is 0 Å². The lowest BCUT2D eigenvalue weighted by Gasteiger charge is -2.35. The van der Waals surface area contributed by atoms with Gasteiger partial charge in [-0.15, -0.1) is 11.3 Å². The molecule has 0 spiro atoms. The van der Waals surface area contributed by atoms with E-state index in [9.17, 15) is 14.7 Å². The number of anilines is 2. The van der Waals surface area contributed by atoms with Crippen molar-refractivity contribution in [1.29, 1.82) is 0 Å². The lowest BCUT2D eigenvalue weighted by atomic mass is 10.0. The maximum atomic E-state index is 13.3. The van der Waals surface area contributed by atoms with Crippen molar-refractivity contribution in [1.82, 2.24) is 4.90 Å². The zero-order chi connectivity index (χ0) is 26.8. The van der Waals surface area contributed by atoms with Gasteiger partial charge in [-0.25, -0.2) is 4.79 Å². The highest BCUT2D eigenvalue weighted by Crippen LogP contribution is 2.36. The predicted octanol–water partition coefficient (Wildman–Crippen LogP) is 7.47. The third-order valence-corrected chi connectivity index (χ3v) is 11.1. The molecular formula is C29H37N3O3SSi. The highest BCUT2D eigenvalue weighted by Gasteiger charge is 2.31. The van der Waals surface area contributed by atoms with E-state index in [2.05, 4.69) is 23.3 Å². The van der Waals surface area contributed by atoms with Crippen LogP contribution in [0.25, 0.3) is 10.4 Å². The Hall–Kier alpha value is -2.94. The van der Waals surface area contributed by atoms with E-state index < -0.39 is 19.7 Å². The van der Waals surface area contributed by atoms with Crippen LogP contribution < -0.4 is 10.2 Å². The van der Waals surface area contributed by atoms with Crippen LogP contribution in [-0.4, -0.2) is 48.7 Å². The Labute approximate surface area is 224 Å². The van der Waals surface area contributed by atoms with E-state index in [-0.39, 0.29) is 5.91 Å². The molecule has 0 bridgehead atoms. The van der Waals surface area contributed by atoms with Gasteiger partial charge >= 0.3 is 6.09 Å². The van der Waals surface area contributed by atoms with E-state index in [1.807, 2.05) is 74.7 Å². The number of nitrogens with zero attached hydrogens (tertiary/aromatic N) is 2. The molecule has 2 heterocycles. The molecule has 1 aliphatic heterocycles. The third-order valence-electron chi connectivity index (χ3n) is 6.99. The molecule has 0 atom stereocenters. The molecule has 6 nitrogen and oxygen atoms in total. The summed E-state index contributed by atoms with van der Waals surface area (Å²) in [5.41, 5.74) is 2.89. The number of rotatable bonds is 6. The second kappa shape index (κ2) is 10.8. The van der Waals surface area contributed by atoms with Crippen molar-refractivity contribution in [3.8, 4) is 10.4 Å². The molecule has 8 heteroatoms. The van der Waals surface area contributed by atoms with Gasteiger partial charge in [-0.05, 0) is 92.8 Å². The summed E-state index contributed by atoms with van der Waals surface area (Å²) in [6, 6.07) is 19.9. The van der Waals surface area contributed by atoms with Crippen LogP contribution in [0.2, 0.25) is 25.2 Å². The number of carbonyl (C=O) groups excluding carboxylic acids is 1. The van der Waals surface area contributed by atoms with Gasteiger partial charge in [-0.3, -0.25) is 14.6 Å². The monoisotopic (exact) mass is 535 g/mol. The number of hydrogen-bond donors (Lipinski definition) is 2. The van der Waals surface area contributed by atoms with Gasteiger partial charge in [-0.1, -0.05) is 37.4 Å². The molecule has 0 unspecified atom stereocenters. The van der Waals surface area contributed by atoms with Crippen molar-refractivity contribution in [2.45, 2.75) is 58.0 Å². The first kappa shape index (κ1) is 27.1. The van der Waals surface area contributed by atoms with Crippen molar-refractivity contribution < 1.29 is 14.7 Å². The SMILES string of the molecule is CC(C)(C)N(C(=O)O)c1ccc(-c2cccs2)cc1NC(=O)c1ccc(CN2CC[Si](C)(C)CC2)cc1. The van der Waals surface area contributed by atoms with Gasteiger partial charge in [0.15, 0.2) is 0 Å². The Morgan fingerprint density at radius 1 is 1.05 bits per heavy atom. The lowest BCUT2D eigenvalue weighted by Crippen LogP contribution is -2.45. The summed E-state index contributed by atoms with van der Waals surface area (Å²) < 4.78 is 0. The minimum Gasteiger partial charge on any atom is -0.465 e. The molecule has 37 heavy (non-hydrogen) atoms. The van der Waals surface area contributed by atoms with Crippen molar-refractivity contribution in [3.63, 3.8) is 0 Å². The summed E-state index contributed by atoms with van der Waals surface area (Å²) in [7, 11) is -0.998. The molecule has 196 valence electrons. The zero-order valence-electron chi connectivity index (χ0n) is 22.4. The van der Waals surface area contributed by atoms with E-state index in [0.29, 0.717) is 16.9 Å². The van der Waals surface area contributed by atoms with Crippen molar-refractivity contribution in [3.05, 3.63) is 71.1 Å². The summed E-state index contributed by atoms with van der Waals surface area (Å²) in [5, 5.41) is 15.0. The molecule has 2 amide bonds. The van der Waals surface area contributed by atoms with Crippen LogP contribution in [0.5, 0.6) is 0 Å². The van der Waals surface area contributed by atoms with Crippen LogP contribution in [0.4, 0.5) is 16.2 Å². The Bertz CT molecular complexity index is 1240. The van der Waals surface area contributed by atoms with Gasteiger partial charge in [0.05, 0.1) is 11.4 Å². The van der Waals surface area contributed by atoms with E-state index in [4.69, 9.17) is 0 Å². The highest BCUT2D eigenvalue weighted by molar-refractivity contribution is 7.13. The Balaban J connectivity index is 1.56. The topological polar surface area (TPSA) is 72.9 Å². The minimum atomic E-state index is -1.07. The fourth-order valence-electron chi connectivity index (χ4n) is 4.71. The molecule has 0 aliphatic carbocycles. The van der Waals surface area contributed by atoms with E-state index in [0.717, 1.165) is 30.1 Å². The molecule has 4 rings (SSSR count). The number of nitrogens with one attached hydrogen (secondary N) is 1. The van der Waals surface area contributed by atoms with Crippen LogP contribution >= 0.6 is 11.3 Å². The maximum Gasteiger partial charge on any atom is 0.412 e. The van der Waals surface area contributed by atoms with Gasteiger partial charge in [0.25, 0.3) is 5.91 Å². The average Bonchev–Trinajstić information content (AvgIpc) is 3.36. The molecule has 1 aliphatic rings. The fourth-order valence-corrected chi connectivity index (χ4v) is 7.53. The van der Waals surface area contributed by atoms with Crippen LogP contribution in [0.3, 0.4) is 0 Å². The molecule has 0 saturated carbocycles. The van der Waals surface area contributed by atoms with Gasteiger partial charge in [0.1, 0.15) is 0 Å². The smallest absolute Gasteiger partial charge is 0.412 e. The molecular weight excluding hydrogens is 498 g/mol. The zero-order valence-corrected chi connectivity index (χ0v) is 24.2. The molecule has 1 saturated heterocycles. The minimum absolute atomic E-state index is 0.263. The number of benzene rings is 2.